The predicted octanol–water partition coefficient (Wildman–Crippen LogP) is 1.27. The Bertz CT molecular complexity index is 410. The molecule has 0 amide bonds. The van der Waals surface area contributed by atoms with E-state index in [4.69, 9.17) is 4.74 Å². The van der Waals surface area contributed by atoms with Gasteiger partial charge in [-0.25, -0.2) is 4.98 Å². The first-order valence-corrected chi connectivity index (χ1v) is 6.80. The molecule has 0 saturated carbocycles. The van der Waals surface area contributed by atoms with Crippen molar-refractivity contribution in [1.29, 1.82) is 0 Å². The van der Waals surface area contributed by atoms with Crippen LogP contribution in [0.1, 0.15) is 18.4 Å². The smallest absolute Gasteiger partial charge is 0.213 e. The van der Waals surface area contributed by atoms with Crippen LogP contribution in [0.15, 0.2) is 18.3 Å². The predicted molar refractivity (Wildman–Crippen MR) is 70.6 cm³/mol. The van der Waals surface area contributed by atoms with Gasteiger partial charge >= 0.3 is 0 Å². The number of hydrogen-bond donors (Lipinski definition) is 1. The van der Waals surface area contributed by atoms with Crippen LogP contribution in [-0.4, -0.2) is 42.7 Å². The number of fused-ring (bicyclic) bond motifs is 2. The van der Waals surface area contributed by atoms with E-state index >= 15 is 0 Å². The van der Waals surface area contributed by atoms with Crippen LogP contribution in [0.5, 0.6) is 5.88 Å². The Morgan fingerprint density at radius 2 is 2.33 bits per heavy atom. The lowest BCUT2D eigenvalue weighted by Crippen LogP contribution is -2.43. The minimum Gasteiger partial charge on any atom is -0.481 e. The van der Waals surface area contributed by atoms with Gasteiger partial charge in [0, 0.05) is 31.4 Å². The molecule has 2 saturated heterocycles. The quantitative estimate of drug-likeness (QED) is 0.869. The van der Waals surface area contributed by atoms with Crippen LogP contribution in [0.25, 0.3) is 0 Å². The zero-order valence-corrected chi connectivity index (χ0v) is 10.9. The van der Waals surface area contributed by atoms with Crippen molar-refractivity contribution < 1.29 is 4.74 Å². The lowest BCUT2D eigenvalue weighted by molar-refractivity contribution is 0.220. The van der Waals surface area contributed by atoms with Crippen LogP contribution in [0.4, 0.5) is 0 Å². The second-order valence-electron chi connectivity index (χ2n) is 5.33. The Balaban J connectivity index is 1.57. The van der Waals surface area contributed by atoms with Gasteiger partial charge in [-0.3, -0.25) is 0 Å². The van der Waals surface area contributed by atoms with Gasteiger partial charge < -0.3 is 15.0 Å². The zero-order chi connectivity index (χ0) is 12.4. The molecule has 98 valence electrons. The number of pyridine rings is 1. The number of aromatic nitrogens is 1. The van der Waals surface area contributed by atoms with E-state index < -0.39 is 0 Å². The van der Waals surface area contributed by atoms with Gasteiger partial charge in [0.1, 0.15) is 0 Å². The molecular weight excluding hydrogens is 226 g/mol. The number of piperidine rings is 1. The zero-order valence-electron chi connectivity index (χ0n) is 10.9. The first-order valence-electron chi connectivity index (χ1n) is 6.80. The summed E-state index contributed by atoms with van der Waals surface area (Å²) in [5.74, 6) is 1.55. The Labute approximate surface area is 108 Å². The maximum Gasteiger partial charge on any atom is 0.213 e. The van der Waals surface area contributed by atoms with Crippen LogP contribution in [-0.2, 0) is 6.54 Å². The molecule has 0 aliphatic carbocycles. The number of nitrogens with zero attached hydrogens (tertiary/aromatic N) is 2. The summed E-state index contributed by atoms with van der Waals surface area (Å²) in [5.41, 5.74) is 1.25. The fourth-order valence-electron chi connectivity index (χ4n) is 3.14. The van der Waals surface area contributed by atoms with Crippen molar-refractivity contribution in [2.45, 2.75) is 25.4 Å². The molecule has 3 rings (SSSR count). The summed E-state index contributed by atoms with van der Waals surface area (Å²) in [7, 11) is 1.66. The molecule has 1 aromatic rings. The average molecular weight is 247 g/mol. The van der Waals surface area contributed by atoms with E-state index in [0.29, 0.717) is 11.9 Å². The maximum absolute atomic E-state index is 5.15. The van der Waals surface area contributed by atoms with Gasteiger partial charge in [-0.1, -0.05) is 0 Å². The fraction of sp³-hybridized carbons (Fsp3) is 0.643. The van der Waals surface area contributed by atoms with Crippen LogP contribution in [0.3, 0.4) is 0 Å². The summed E-state index contributed by atoms with van der Waals surface area (Å²) >= 11 is 0. The highest BCUT2D eigenvalue weighted by atomic mass is 16.5. The van der Waals surface area contributed by atoms with Gasteiger partial charge in [-0.15, -0.1) is 0 Å². The number of hydrogen-bond acceptors (Lipinski definition) is 4. The molecule has 3 atom stereocenters. The molecule has 0 radical (unpaired) electrons. The normalized spacial score (nSPS) is 30.4. The Kier molecular flexibility index (Phi) is 3.48. The number of nitrogens with one attached hydrogen (secondary N) is 1. The first kappa shape index (κ1) is 11.9. The number of ether oxygens (including phenoxy) is 1. The molecule has 18 heavy (non-hydrogen) atoms. The number of rotatable bonds is 4. The van der Waals surface area contributed by atoms with E-state index in [1.165, 1.54) is 38.0 Å². The third-order valence-corrected chi connectivity index (χ3v) is 4.21. The van der Waals surface area contributed by atoms with Crippen molar-refractivity contribution in [3.05, 3.63) is 23.9 Å². The van der Waals surface area contributed by atoms with E-state index in [9.17, 15) is 0 Å². The average Bonchev–Trinajstić information content (AvgIpc) is 2.81. The van der Waals surface area contributed by atoms with E-state index in [1.807, 2.05) is 12.3 Å². The molecule has 2 aliphatic rings. The monoisotopic (exact) mass is 247 g/mol. The molecule has 4 heteroatoms. The highest BCUT2D eigenvalue weighted by Crippen LogP contribution is 2.27. The van der Waals surface area contributed by atoms with Gasteiger partial charge in [-0.2, -0.15) is 0 Å². The molecule has 4 nitrogen and oxygen atoms in total. The molecule has 0 aromatic carbocycles. The standard InChI is InChI=1S/C14H21N3O/c1-18-14-8-11(2-5-15-14)9-16-13-4-7-17-6-3-12(13)10-17/h2,5,8,12-13,16H,3-4,6-7,9-10H2,1H3. The van der Waals surface area contributed by atoms with Gasteiger partial charge in [-0.05, 0) is 43.5 Å². The van der Waals surface area contributed by atoms with Crippen LogP contribution in [0, 0.1) is 5.92 Å². The maximum atomic E-state index is 5.15. The van der Waals surface area contributed by atoms with Crippen LogP contribution >= 0.6 is 0 Å². The molecule has 3 unspecified atom stereocenters. The lowest BCUT2D eigenvalue weighted by atomic mass is 9.94. The first-order chi connectivity index (χ1) is 8.85. The summed E-state index contributed by atoms with van der Waals surface area (Å²) in [6, 6.07) is 4.75. The minimum absolute atomic E-state index is 0.683. The molecule has 1 N–H and O–H groups in total. The summed E-state index contributed by atoms with van der Waals surface area (Å²) in [5, 5.41) is 3.71. The minimum atomic E-state index is 0.683. The fourth-order valence-corrected chi connectivity index (χ4v) is 3.14. The molecular formula is C14H21N3O. The largest absolute Gasteiger partial charge is 0.481 e. The van der Waals surface area contributed by atoms with E-state index in [2.05, 4.69) is 21.3 Å². The van der Waals surface area contributed by atoms with Crippen molar-refractivity contribution in [3.8, 4) is 5.88 Å². The molecule has 3 heterocycles. The van der Waals surface area contributed by atoms with Crippen molar-refractivity contribution in [3.63, 3.8) is 0 Å². The second kappa shape index (κ2) is 5.24. The Morgan fingerprint density at radius 1 is 1.44 bits per heavy atom. The Morgan fingerprint density at radius 3 is 3.22 bits per heavy atom. The van der Waals surface area contributed by atoms with Gasteiger partial charge in [0.25, 0.3) is 0 Å². The molecule has 2 fully saturated rings. The van der Waals surface area contributed by atoms with Crippen LogP contribution in [0.2, 0.25) is 0 Å². The summed E-state index contributed by atoms with van der Waals surface area (Å²) in [6.45, 7) is 4.76. The van der Waals surface area contributed by atoms with Crippen molar-refractivity contribution in [2.24, 2.45) is 5.92 Å². The molecule has 2 bridgehead atoms. The number of methoxy groups -OCH3 is 1. The summed E-state index contributed by atoms with van der Waals surface area (Å²) in [6.07, 6.45) is 4.46. The SMILES string of the molecule is COc1cc(CNC2CCN3CCC2C3)ccn1. The van der Waals surface area contributed by atoms with E-state index in [0.717, 1.165) is 12.5 Å². The van der Waals surface area contributed by atoms with Crippen molar-refractivity contribution >= 4 is 0 Å². The highest BCUT2D eigenvalue weighted by Gasteiger charge is 2.33. The van der Waals surface area contributed by atoms with E-state index in [-0.39, 0.29) is 0 Å². The third-order valence-electron chi connectivity index (χ3n) is 4.21. The molecule has 2 aliphatic heterocycles. The van der Waals surface area contributed by atoms with Gasteiger partial charge in [0.05, 0.1) is 7.11 Å². The topological polar surface area (TPSA) is 37.4 Å². The van der Waals surface area contributed by atoms with Gasteiger partial charge in [0.2, 0.25) is 5.88 Å². The lowest BCUT2D eigenvalue weighted by Gasteiger charge is -2.31. The highest BCUT2D eigenvalue weighted by molar-refractivity contribution is 5.20. The van der Waals surface area contributed by atoms with Crippen LogP contribution < -0.4 is 10.1 Å². The van der Waals surface area contributed by atoms with E-state index in [1.54, 1.807) is 7.11 Å². The van der Waals surface area contributed by atoms with Crippen molar-refractivity contribution in [1.82, 2.24) is 15.2 Å². The molecule has 0 spiro atoms. The second-order valence-corrected chi connectivity index (χ2v) is 5.33. The summed E-state index contributed by atoms with van der Waals surface area (Å²) in [4.78, 5) is 6.72. The third kappa shape index (κ3) is 2.49. The molecule has 1 aromatic heterocycles. The summed E-state index contributed by atoms with van der Waals surface area (Å²) < 4.78 is 5.15. The Hall–Kier alpha value is -1.13. The van der Waals surface area contributed by atoms with Crippen molar-refractivity contribution in [2.75, 3.05) is 26.7 Å². The van der Waals surface area contributed by atoms with Gasteiger partial charge in [0.15, 0.2) is 0 Å².